The Morgan fingerprint density at radius 3 is 2.25 bits per heavy atom. The minimum atomic E-state index is -1.17. The van der Waals surface area contributed by atoms with Crippen LogP contribution in [0.1, 0.15) is 25.8 Å². The van der Waals surface area contributed by atoms with Crippen LogP contribution in [-0.4, -0.2) is 47.7 Å². The number of carbonyl (C=O) groups excluding carboxylic acids is 1. The minimum Gasteiger partial charge on any atom is -0.493 e. The molecule has 1 heterocycles. The zero-order valence-electron chi connectivity index (χ0n) is 16.3. The molecule has 6 heteroatoms. The van der Waals surface area contributed by atoms with Crippen LogP contribution in [0.2, 0.25) is 0 Å². The summed E-state index contributed by atoms with van der Waals surface area (Å²) < 4.78 is 11.3. The van der Waals surface area contributed by atoms with Crippen LogP contribution >= 0.6 is 0 Å². The van der Waals surface area contributed by atoms with Gasteiger partial charge in [0.2, 0.25) is 0 Å². The van der Waals surface area contributed by atoms with Crippen LogP contribution < -0.4 is 9.47 Å². The molecule has 1 aliphatic rings. The number of likely N-dealkylation sites (tertiary alicyclic amines) is 1. The highest BCUT2D eigenvalue weighted by Crippen LogP contribution is 2.37. The van der Waals surface area contributed by atoms with Crippen molar-refractivity contribution in [3.63, 3.8) is 0 Å². The second-order valence-corrected chi connectivity index (χ2v) is 7.49. The summed E-state index contributed by atoms with van der Waals surface area (Å²) in [5, 5.41) is 9.94. The number of hydrogen-bond acceptors (Lipinski definition) is 4. The first kappa shape index (κ1) is 19.7. The van der Waals surface area contributed by atoms with Crippen molar-refractivity contribution in [1.82, 2.24) is 4.90 Å². The maximum absolute atomic E-state index is 13.2. The Hall–Kier alpha value is -3.02. The van der Waals surface area contributed by atoms with Gasteiger partial charge in [-0.2, -0.15) is 0 Å². The van der Waals surface area contributed by atoms with E-state index in [1.54, 1.807) is 56.2 Å². The lowest BCUT2D eigenvalue weighted by molar-refractivity contribution is -0.146. The van der Waals surface area contributed by atoms with Crippen LogP contribution in [0.5, 0.6) is 11.5 Å². The van der Waals surface area contributed by atoms with E-state index in [1.165, 1.54) is 0 Å². The van der Waals surface area contributed by atoms with E-state index in [-0.39, 0.29) is 12.5 Å². The van der Waals surface area contributed by atoms with Crippen molar-refractivity contribution in [3.05, 3.63) is 60.2 Å². The number of rotatable bonds is 6. The Bertz CT molecular complexity index is 864. The van der Waals surface area contributed by atoms with E-state index in [0.29, 0.717) is 30.0 Å². The first-order valence-corrected chi connectivity index (χ1v) is 9.20. The van der Waals surface area contributed by atoms with E-state index in [4.69, 9.17) is 9.47 Å². The van der Waals surface area contributed by atoms with Gasteiger partial charge < -0.3 is 19.5 Å². The van der Waals surface area contributed by atoms with Crippen molar-refractivity contribution in [2.75, 3.05) is 20.2 Å². The minimum absolute atomic E-state index is 0.115. The molecule has 0 aromatic heterocycles. The van der Waals surface area contributed by atoms with Crippen LogP contribution in [0.3, 0.4) is 0 Å². The highest BCUT2D eigenvalue weighted by molar-refractivity contribution is 5.88. The number of benzene rings is 2. The Balaban J connectivity index is 1.82. The average Bonchev–Trinajstić information content (AvgIpc) is 3.15. The highest BCUT2D eigenvalue weighted by atomic mass is 16.5. The van der Waals surface area contributed by atoms with Crippen molar-refractivity contribution < 1.29 is 24.2 Å². The third-order valence-electron chi connectivity index (χ3n) is 5.24. The predicted molar refractivity (Wildman–Crippen MR) is 105 cm³/mol. The van der Waals surface area contributed by atoms with E-state index in [0.717, 1.165) is 0 Å². The second-order valence-electron chi connectivity index (χ2n) is 7.49. The molecule has 2 aromatic carbocycles. The van der Waals surface area contributed by atoms with Crippen molar-refractivity contribution in [2.45, 2.75) is 31.3 Å². The van der Waals surface area contributed by atoms with E-state index in [9.17, 15) is 14.7 Å². The number of carboxylic acid groups (broad SMARTS) is 1. The number of hydrogen-bond donors (Lipinski definition) is 1. The largest absolute Gasteiger partial charge is 0.493 e. The van der Waals surface area contributed by atoms with Gasteiger partial charge in [0, 0.05) is 13.1 Å². The van der Waals surface area contributed by atoms with Crippen LogP contribution in [0.25, 0.3) is 0 Å². The van der Waals surface area contributed by atoms with Crippen molar-refractivity contribution in [2.24, 2.45) is 0 Å². The molecule has 1 saturated heterocycles. The number of amides is 1. The standard InChI is InChI=1S/C22H25NO5/c1-21(2,28-18-12-8-7-11-17(18)27-3)19(24)23-14-13-22(15-23,20(25)26)16-9-5-4-6-10-16/h4-12H,13-15H2,1-3H3,(H,25,26)/t22-/m0/s1. The Kier molecular flexibility index (Phi) is 5.31. The summed E-state index contributed by atoms with van der Waals surface area (Å²) >= 11 is 0. The number of nitrogens with zero attached hydrogens (tertiary/aromatic N) is 1. The summed E-state index contributed by atoms with van der Waals surface area (Å²) in [7, 11) is 1.54. The van der Waals surface area contributed by atoms with Crippen molar-refractivity contribution in [1.29, 1.82) is 0 Å². The molecule has 0 spiro atoms. The van der Waals surface area contributed by atoms with Crippen LogP contribution in [0, 0.1) is 0 Å². The van der Waals surface area contributed by atoms with E-state index in [1.807, 2.05) is 24.3 Å². The summed E-state index contributed by atoms with van der Waals surface area (Å²) in [4.78, 5) is 26.9. The molecule has 0 saturated carbocycles. The van der Waals surface area contributed by atoms with Crippen molar-refractivity contribution in [3.8, 4) is 11.5 Å². The number of carbonyl (C=O) groups is 2. The molecule has 1 aliphatic heterocycles. The molecule has 1 N–H and O–H groups in total. The van der Waals surface area contributed by atoms with Gasteiger partial charge >= 0.3 is 5.97 Å². The highest BCUT2D eigenvalue weighted by Gasteiger charge is 2.50. The fraction of sp³-hybridized carbons (Fsp3) is 0.364. The van der Waals surface area contributed by atoms with Crippen LogP contribution in [0.4, 0.5) is 0 Å². The molecule has 6 nitrogen and oxygen atoms in total. The monoisotopic (exact) mass is 383 g/mol. The Labute approximate surface area is 164 Å². The van der Waals surface area contributed by atoms with E-state index >= 15 is 0 Å². The van der Waals surface area contributed by atoms with Crippen LogP contribution in [-0.2, 0) is 15.0 Å². The van der Waals surface area contributed by atoms with Gasteiger partial charge in [-0.15, -0.1) is 0 Å². The molecule has 3 rings (SSSR count). The molecule has 1 atom stereocenters. The van der Waals surface area contributed by atoms with Gasteiger partial charge in [0.25, 0.3) is 5.91 Å². The van der Waals surface area contributed by atoms with Gasteiger partial charge in [-0.1, -0.05) is 42.5 Å². The third-order valence-corrected chi connectivity index (χ3v) is 5.24. The quantitative estimate of drug-likeness (QED) is 0.830. The topological polar surface area (TPSA) is 76.1 Å². The molecule has 0 bridgehead atoms. The van der Waals surface area contributed by atoms with E-state index < -0.39 is 17.0 Å². The molecule has 28 heavy (non-hydrogen) atoms. The summed E-state index contributed by atoms with van der Waals surface area (Å²) in [6, 6.07) is 16.2. The third kappa shape index (κ3) is 3.54. The van der Waals surface area contributed by atoms with Gasteiger partial charge in [-0.3, -0.25) is 9.59 Å². The van der Waals surface area contributed by atoms with Gasteiger partial charge in [-0.25, -0.2) is 0 Å². The molecule has 0 aliphatic carbocycles. The first-order chi connectivity index (χ1) is 13.3. The zero-order valence-corrected chi connectivity index (χ0v) is 16.3. The maximum atomic E-state index is 13.2. The lowest BCUT2D eigenvalue weighted by Gasteiger charge is -2.31. The fourth-order valence-electron chi connectivity index (χ4n) is 3.68. The Morgan fingerprint density at radius 1 is 1.04 bits per heavy atom. The number of ether oxygens (including phenoxy) is 2. The van der Waals surface area contributed by atoms with Gasteiger partial charge in [-0.05, 0) is 38.0 Å². The summed E-state index contributed by atoms with van der Waals surface area (Å²) in [5.74, 6) is -0.168. The summed E-state index contributed by atoms with van der Waals surface area (Å²) in [6.07, 6.45) is 0.364. The fourth-order valence-corrected chi connectivity index (χ4v) is 3.68. The average molecular weight is 383 g/mol. The van der Waals surface area contributed by atoms with Gasteiger partial charge in [0.1, 0.15) is 5.41 Å². The molecule has 0 radical (unpaired) electrons. The van der Waals surface area contributed by atoms with Gasteiger partial charge in [0.05, 0.1) is 7.11 Å². The smallest absolute Gasteiger partial charge is 0.316 e. The van der Waals surface area contributed by atoms with Crippen LogP contribution in [0.15, 0.2) is 54.6 Å². The predicted octanol–water partition coefficient (Wildman–Crippen LogP) is 3.11. The van der Waals surface area contributed by atoms with Crippen molar-refractivity contribution >= 4 is 11.9 Å². The van der Waals surface area contributed by atoms with E-state index in [2.05, 4.69) is 0 Å². The maximum Gasteiger partial charge on any atom is 0.316 e. The lowest BCUT2D eigenvalue weighted by Crippen LogP contribution is -2.50. The summed E-state index contributed by atoms with van der Waals surface area (Å²) in [6.45, 7) is 3.85. The molecular weight excluding hydrogens is 358 g/mol. The number of aliphatic carboxylic acids is 1. The molecule has 0 unspecified atom stereocenters. The zero-order chi connectivity index (χ0) is 20.4. The normalized spacial score (nSPS) is 19.3. The number of para-hydroxylation sites is 2. The summed E-state index contributed by atoms with van der Waals surface area (Å²) in [5.41, 5.74) is -1.56. The second kappa shape index (κ2) is 7.54. The SMILES string of the molecule is COc1ccccc1OC(C)(C)C(=O)N1CC[C@@](C(=O)O)(c2ccccc2)C1. The molecular formula is C22H25NO5. The number of carboxylic acids is 1. The Morgan fingerprint density at radius 2 is 1.64 bits per heavy atom. The molecule has 1 amide bonds. The molecule has 1 fully saturated rings. The van der Waals surface area contributed by atoms with Gasteiger partial charge in [0.15, 0.2) is 17.1 Å². The number of methoxy groups -OCH3 is 1. The first-order valence-electron chi connectivity index (χ1n) is 9.20. The lowest BCUT2D eigenvalue weighted by atomic mass is 9.80. The molecule has 2 aromatic rings. The molecule has 148 valence electrons.